The summed E-state index contributed by atoms with van der Waals surface area (Å²) in [6.45, 7) is 4.93. The van der Waals surface area contributed by atoms with E-state index in [1.54, 1.807) is 60.7 Å². The maximum absolute atomic E-state index is 12.8. The van der Waals surface area contributed by atoms with Crippen molar-refractivity contribution in [1.82, 2.24) is 0 Å². The molecule has 8 heteroatoms. The van der Waals surface area contributed by atoms with Crippen LogP contribution >= 0.6 is 0 Å². The van der Waals surface area contributed by atoms with Gasteiger partial charge in [-0.25, -0.2) is 14.6 Å². The maximum Gasteiger partial charge on any atom is 0.363 e. The molecule has 0 spiro atoms. The number of aliphatic imine (C=N–C) groups is 1. The van der Waals surface area contributed by atoms with E-state index in [0.717, 1.165) is 18.6 Å². The number of methoxy groups -OCH3 is 1. The van der Waals surface area contributed by atoms with Crippen molar-refractivity contribution in [2.24, 2.45) is 4.99 Å². The topological polar surface area (TPSA) is 92.7 Å². The lowest BCUT2D eigenvalue weighted by atomic mass is 10.1. The molecule has 1 aliphatic rings. The van der Waals surface area contributed by atoms with E-state index < -0.39 is 11.9 Å². The van der Waals surface area contributed by atoms with Gasteiger partial charge in [-0.05, 0) is 73.5 Å². The largest absolute Gasteiger partial charge is 0.496 e. The van der Waals surface area contributed by atoms with Gasteiger partial charge in [0.05, 0.1) is 20.3 Å². The van der Waals surface area contributed by atoms with Gasteiger partial charge >= 0.3 is 11.9 Å². The predicted octanol–water partition coefficient (Wildman–Crippen LogP) is 5.84. The van der Waals surface area contributed by atoms with Crippen LogP contribution in [0.2, 0.25) is 0 Å². The molecular formula is C30H29NO7. The normalized spacial score (nSPS) is 13.6. The summed E-state index contributed by atoms with van der Waals surface area (Å²) in [5.41, 5.74) is 1.73. The summed E-state index contributed by atoms with van der Waals surface area (Å²) in [5.74, 6) is 0.817. The highest BCUT2D eigenvalue weighted by Gasteiger charge is 2.24. The average Bonchev–Trinajstić information content (AvgIpc) is 3.30. The number of carbonyl (C=O) groups is 2. The van der Waals surface area contributed by atoms with Crippen LogP contribution in [0.15, 0.2) is 77.4 Å². The Morgan fingerprint density at radius 3 is 2.47 bits per heavy atom. The minimum Gasteiger partial charge on any atom is -0.496 e. The Hall–Kier alpha value is -4.59. The van der Waals surface area contributed by atoms with Gasteiger partial charge in [0.2, 0.25) is 5.90 Å². The molecule has 0 saturated carbocycles. The number of hydrogen-bond donors (Lipinski definition) is 0. The van der Waals surface area contributed by atoms with E-state index in [4.69, 9.17) is 23.7 Å². The molecule has 0 aliphatic carbocycles. The number of carbonyl (C=O) groups excluding carboxylic acids is 2. The Balaban J connectivity index is 1.52. The van der Waals surface area contributed by atoms with Crippen molar-refractivity contribution < 1.29 is 33.3 Å². The Kier molecular flexibility index (Phi) is 8.77. The van der Waals surface area contributed by atoms with Crippen LogP contribution in [0.3, 0.4) is 0 Å². The van der Waals surface area contributed by atoms with E-state index in [1.165, 1.54) is 7.11 Å². The highest BCUT2D eigenvalue weighted by molar-refractivity contribution is 6.12. The van der Waals surface area contributed by atoms with Crippen LogP contribution < -0.4 is 18.9 Å². The second kappa shape index (κ2) is 12.6. The third-order valence-electron chi connectivity index (χ3n) is 5.59. The molecule has 3 aromatic rings. The van der Waals surface area contributed by atoms with Crippen LogP contribution in [0.1, 0.15) is 48.2 Å². The minimum atomic E-state index is -0.579. The molecule has 0 saturated heterocycles. The smallest absolute Gasteiger partial charge is 0.363 e. The number of unbranched alkanes of at least 4 members (excludes halogenated alkanes) is 1. The Morgan fingerprint density at radius 2 is 1.74 bits per heavy atom. The fourth-order valence-electron chi connectivity index (χ4n) is 3.65. The number of esters is 2. The Morgan fingerprint density at radius 1 is 0.947 bits per heavy atom. The van der Waals surface area contributed by atoms with Gasteiger partial charge in [0, 0.05) is 5.56 Å². The van der Waals surface area contributed by atoms with Crippen molar-refractivity contribution in [3.05, 3.63) is 89.1 Å². The first-order valence-electron chi connectivity index (χ1n) is 12.4. The lowest BCUT2D eigenvalue weighted by molar-refractivity contribution is -0.129. The summed E-state index contributed by atoms with van der Waals surface area (Å²) in [4.78, 5) is 29.6. The molecule has 4 rings (SSSR count). The number of hydrogen-bond acceptors (Lipinski definition) is 8. The fraction of sp³-hybridized carbons (Fsp3) is 0.233. The van der Waals surface area contributed by atoms with Crippen molar-refractivity contribution in [1.29, 1.82) is 0 Å². The molecule has 38 heavy (non-hydrogen) atoms. The molecule has 0 radical (unpaired) electrons. The fourth-order valence-corrected chi connectivity index (χ4v) is 3.65. The van der Waals surface area contributed by atoms with Crippen molar-refractivity contribution in [3.63, 3.8) is 0 Å². The van der Waals surface area contributed by atoms with Gasteiger partial charge < -0.3 is 23.7 Å². The Bertz CT molecular complexity index is 1360. The van der Waals surface area contributed by atoms with Crippen molar-refractivity contribution >= 4 is 23.9 Å². The third-order valence-corrected chi connectivity index (χ3v) is 5.59. The zero-order valence-electron chi connectivity index (χ0n) is 21.6. The van der Waals surface area contributed by atoms with E-state index in [0.29, 0.717) is 41.4 Å². The van der Waals surface area contributed by atoms with Crippen LogP contribution in [0.25, 0.3) is 6.08 Å². The molecule has 0 atom stereocenters. The first kappa shape index (κ1) is 26.5. The van der Waals surface area contributed by atoms with E-state index in [1.807, 2.05) is 19.1 Å². The van der Waals surface area contributed by atoms with E-state index in [2.05, 4.69) is 11.9 Å². The monoisotopic (exact) mass is 515 g/mol. The average molecular weight is 516 g/mol. The highest BCUT2D eigenvalue weighted by atomic mass is 16.6. The van der Waals surface area contributed by atoms with Gasteiger partial charge in [0.15, 0.2) is 17.2 Å². The van der Waals surface area contributed by atoms with Crippen molar-refractivity contribution in [3.8, 4) is 23.0 Å². The van der Waals surface area contributed by atoms with Crippen LogP contribution in [-0.2, 0) is 9.53 Å². The summed E-state index contributed by atoms with van der Waals surface area (Å²) in [5, 5.41) is 0. The maximum atomic E-state index is 12.8. The summed E-state index contributed by atoms with van der Waals surface area (Å²) >= 11 is 0. The molecule has 8 nitrogen and oxygen atoms in total. The second-order valence-electron chi connectivity index (χ2n) is 8.29. The van der Waals surface area contributed by atoms with Gasteiger partial charge in [-0.1, -0.05) is 31.5 Å². The zero-order valence-corrected chi connectivity index (χ0v) is 21.6. The van der Waals surface area contributed by atoms with E-state index in [-0.39, 0.29) is 17.3 Å². The second-order valence-corrected chi connectivity index (χ2v) is 8.29. The molecular weight excluding hydrogens is 486 g/mol. The lowest BCUT2D eigenvalue weighted by Gasteiger charge is -2.12. The number of cyclic esters (lactones) is 1. The molecule has 0 amide bonds. The van der Waals surface area contributed by atoms with Gasteiger partial charge in [-0.15, -0.1) is 0 Å². The first-order chi connectivity index (χ1) is 18.5. The quantitative estimate of drug-likeness (QED) is 0.137. The molecule has 1 aliphatic heterocycles. The standard InChI is InChI=1S/C30H29NO7/c1-4-6-17-36-22-14-12-21(13-15-22)28-31-24(30(33)38-28)18-20-11-16-26(27(19-20)35-5-2)37-29(32)23-9-7-8-10-25(23)34-3/h7-16,18-19H,4-6,17H2,1-3H3/b24-18+. The summed E-state index contributed by atoms with van der Waals surface area (Å²) in [7, 11) is 1.49. The number of benzene rings is 3. The van der Waals surface area contributed by atoms with Gasteiger partial charge in [-0.3, -0.25) is 0 Å². The third kappa shape index (κ3) is 6.39. The molecule has 0 bridgehead atoms. The summed E-state index contributed by atoms with van der Waals surface area (Å²) < 4.78 is 27.6. The molecule has 0 aromatic heterocycles. The van der Waals surface area contributed by atoms with Crippen LogP contribution in [0, 0.1) is 0 Å². The summed E-state index contributed by atoms with van der Waals surface area (Å²) in [6.07, 6.45) is 3.63. The molecule has 3 aromatic carbocycles. The van der Waals surface area contributed by atoms with Gasteiger partial charge in [0.25, 0.3) is 0 Å². The van der Waals surface area contributed by atoms with Gasteiger partial charge in [0.1, 0.15) is 17.1 Å². The van der Waals surface area contributed by atoms with E-state index >= 15 is 0 Å². The van der Waals surface area contributed by atoms with Gasteiger partial charge in [-0.2, -0.15) is 0 Å². The van der Waals surface area contributed by atoms with Crippen LogP contribution in [-0.4, -0.2) is 38.2 Å². The molecule has 1 heterocycles. The lowest BCUT2D eigenvalue weighted by Crippen LogP contribution is -2.11. The SMILES string of the molecule is CCCCOc1ccc(C2=N/C(=C/c3ccc(OC(=O)c4ccccc4OC)c(OCC)c3)C(=O)O2)cc1. The zero-order chi connectivity index (χ0) is 26.9. The predicted molar refractivity (Wildman–Crippen MR) is 143 cm³/mol. The summed E-state index contributed by atoms with van der Waals surface area (Å²) in [6, 6.07) is 19.0. The number of nitrogens with zero attached hydrogens (tertiary/aromatic N) is 1. The molecule has 0 fully saturated rings. The van der Waals surface area contributed by atoms with Crippen LogP contribution in [0.5, 0.6) is 23.0 Å². The van der Waals surface area contributed by atoms with Crippen molar-refractivity contribution in [2.45, 2.75) is 26.7 Å². The minimum absolute atomic E-state index is 0.143. The molecule has 0 N–H and O–H groups in total. The van der Waals surface area contributed by atoms with E-state index in [9.17, 15) is 9.59 Å². The number of para-hydroxylation sites is 1. The highest BCUT2D eigenvalue weighted by Crippen LogP contribution is 2.32. The van der Waals surface area contributed by atoms with Crippen LogP contribution in [0.4, 0.5) is 0 Å². The number of ether oxygens (including phenoxy) is 5. The molecule has 0 unspecified atom stereocenters. The number of rotatable bonds is 11. The Labute approximate surface area is 221 Å². The molecule has 196 valence electrons. The van der Waals surface area contributed by atoms with Crippen molar-refractivity contribution in [2.75, 3.05) is 20.3 Å². The first-order valence-corrected chi connectivity index (χ1v) is 12.4.